The molecule has 6 atom stereocenters. The van der Waals surface area contributed by atoms with Crippen LogP contribution in [0.25, 0.3) is 0 Å². The van der Waals surface area contributed by atoms with E-state index in [0.717, 1.165) is 28.7 Å². The van der Waals surface area contributed by atoms with Crippen molar-refractivity contribution in [2.75, 3.05) is 46.2 Å². The minimum Gasteiger partial charge on any atom is -0.459 e. The maximum Gasteiger partial charge on any atom is 0.415 e. The normalized spacial score (nSPS) is 21.5. The Balaban J connectivity index is 1.43. The summed E-state index contributed by atoms with van der Waals surface area (Å²) in [5.41, 5.74) is 4.62. The van der Waals surface area contributed by atoms with Crippen molar-refractivity contribution in [3.05, 3.63) is 152 Å². The molecule has 0 saturated heterocycles. The van der Waals surface area contributed by atoms with Crippen molar-refractivity contribution in [3.63, 3.8) is 0 Å². The standard InChI is InChI=1S/C53H62N4O14/c1-4-27-67-53-49(55(23-28-66-29-26-60)52(61)70-41-19-16-40(17-20-41)57(64)65)33-47(54-68-34-37-12-14-39(15-13-37)56(62)63)45-31-38(9-5-7-24-58)44(10-6-8-25-59)50(51(45)53)46-32-43(21-22-48(46)71-53)69-42-18-11-35(2)36(3)30-42/h4,11-22,30-32,38,44,49-51,58-60H,1,5-10,23-29,33-34H2,2-3H3/t38-,44+,49-,50+,51+,53+/m0/s1. The molecule has 1 saturated carbocycles. The first-order valence-corrected chi connectivity index (χ1v) is 24.0. The lowest BCUT2D eigenvalue weighted by Crippen LogP contribution is -2.70. The number of ether oxygens (including phenoxy) is 5. The summed E-state index contributed by atoms with van der Waals surface area (Å²) < 4.78 is 32.7. The Kier molecular flexibility index (Phi) is 17.9. The van der Waals surface area contributed by atoms with E-state index in [0.29, 0.717) is 60.6 Å². The number of amides is 1. The fourth-order valence-corrected chi connectivity index (χ4v) is 10.0. The van der Waals surface area contributed by atoms with Gasteiger partial charge in [-0.3, -0.25) is 25.1 Å². The van der Waals surface area contributed by atoms with Gasteiger partial charge < -0.3 is 43.8 Å². The van der Waals surface area contributed by atoms with E-state index in [2.05, 4.69) is 12.7 Å². The molecule has 3 aliphatic rings. The van der Waals surface area contributed by atoms with Crippen LogP contribution < -0.4 is 14.2 Å². The molecule has 4 aromatic carbocycles. The molecule has 0 unspecified atom stereocenters. The second-order valence-electron chi connectivity index (χ2n) is 18.0. The lowest BCUT2D eigenvalue weighted by atomic mass is 9.55. The number of oxime groups is 1. The highest BCUT2D eigenvalue weighted by Crippen LogP contribution is 2.62. The van der Waals surface area contributed by atoms with Gasteiger partial charge in [-0.05, 0) is 128 Å². The van der Waals surface area contributed by atoms with Gasteiger partial charge in [0.15, 0.2) is 0 Å². The zero-order chi connectivity index (χ0) is 50.5. The van der Waals surface area contributed by atoms with Gasteiger partial charge in [-0.1, -0.05) is 36.2 Å². The van der Waals surface area contributed by atoms with Crippen LogP contribution in [0, 0.1) is 51.8 Å². The third kappa shape index (κ3) is 12.3. The molecule has 1 heterocycles. The lowest BCUT2D eigenvalue weighted by molar-refractivity contribution is -0.385. The number of hydrogen-bond donors (Lipinski definition) is 3. The summed E-state index contributed by atoms with van der Waals surface area (Å²) in [6, 6.07) is 21.6. The number of aliphatic hydroxyl groups is 3. The Morgan fingerprint density at radius 2 is 1.51 bits per heavy atom. The highest BCUT2D eigenvalue weighted by Gasteiger charge is 2.65. The molecular weight excluding hydrogens is 917 g/mol. The first kappa shape index (κ1) is 52.1. The molecule has 0 bridgehead atoms. The van der Waals surface area contributed by atoms with Crippen molar-refractivity contribution in [3.8, 4) is 23.0 Å². The number of aliphatic hydroxyl groups excluding tert-OH is 3. The number of unbranched alkanes of at least 4 members (excludes halogenated alkanes) is 2. The number of allylic oxidation sites excluding steroid dienone is 1. The second-order valence-corrected chi connectivity index (χ2v) is 18.0. The van der Waals surface area contributed by atoms with Gasteiger partial charge in [0, 0.05) is 61.9 Å². The number of fused-ring (bicyclic) bond motifs is 2. The summed E-state index contributed by atoms with van der Waals surface area (Å²) in [7, 11) is 0. The van der Waals surface area contributed by atoms with Crippen molar-refractivity contribution < 1.29 is 58.5 Å². The molecule has 0 spiro atoms. The van der Waals surface area contributed by atoms with Gasteiger partial charge in [-0.25, -0.2) is 4.79 Å². The number of nitro benzene ring substituents is 2. The molecule has 0 aromatic heterocycles. The number of aryl methyl sites for hydroxylation is 2. The number of non-ortho nitro benzene ring substituents is 2. The molecule has 1 fully saturated rings. The first-order valence-electron chi connectivity index (χ1n) is 24.0. The van der Waals surface area contributed by atoms with Crippen LogP contribution in [0.1, 0.15) is 73.1 Å². The summed E-state index contributed by atoms with van der Waals surface area (Å²) in [4.78, 5) is 44.4. The van der Waals surface area contributed by atoms with Crippen molar-refractivity contribution >= 4 is 23.2 Å². The quantitative estimate of drug-likeness (QED) is 0.0243. The zero-order valence-electron chi connectivity index (χ0n) is 40.1. The third-order valence-corrected chi connectivity index (χ3v) is 13.5. The summed E-state index contributed by atoms with van der Waals surface area (Å²) in [6.45, 7) is 7.60. The van der Waals surface area contributed by atoms with E-state index in [1.807, 2.05) is 50.2 Å². The van der Waals surface area contributed by atoms with Crippen LogP contribution in [0.15, 0.2) is 114 Å². The second kappa shape index (κ2) is 24.4. The maximum atomic E-state index is 14.9. The van der Waals surface area contributed by atoms with Crippen LogP contribution in [0.4, 0.5) is 16.2 Å². The number of benzene rings is 4. The van der Waals surface area contributed by atoms with Crippen LogP contribution in [-0.2, 0) is 20.9 Å². The fraction of sp³-hybridized carbons (Fsp3) is 0.434. The van der Waals surface area contributed by atoms with Gasteiger partial charge in [0.2, 0.25) is 5.79 Å². The maximum absolute atomic E-state index is 14.9. The van der Waals surface area contributed by atoms with Crippen molar-refractivity contribution in [1.82, 2.24) is 4.90 Å². The molecule has 7 rings (SSSR count). The molecule has 1 aliphatic heterocycles. The largest absolute Gasteiger partial charge is 0.459 e. The fourth-order valence-electron chi connectivity index (χ4n) is 10.0. The number of nitrogens with zero attached hydrogens (tertiary/aromatic N) is 4. The van der Waals surface area contributed by atoms with Crippen molar-refractivity contribution in [2.45, 2.75) is 83.1 Å². The minimum absolute atomic E-state index is 0.00623. The van der Waals surface area contributed by atoms with E-state index < -0.39 is 39.6 Å². The summed E-state index contributed by atoms with van der Waals surface area (Å²) >= 11 is 0. The predicted molar refractivity (Wildman–Crippen MR) is 263 cm³/mol. The number of rotatable bonds is 25. The number of carbonyl (C=O) groups is 1. The van der Waals surface area contributed by atoms with Gasteiger partial charge in [0.1, 0.15) is 35.6 Å². The van der Waals surface area contributed by atoms with Crippen LogP contribution in [0.2, 0.25) is 0 Å². The molecule has 0 radical (unpaired) electrons. The first-order chi connectivity index (χ1) is 34.4. The Bertz CT molecular complexity index is 2550. The van der Waals surface area contributed by atoms with Crippen LogP contribution in [0.5, 0.6) is 23.0 Å². The molecule has 2 aliphatic carbocycles. The number of nitro groups is 2. The summed E-state index contributed by atoms with van der Waals surface area (Å²) in [5, 5.41) is 57.5. The highest BCUT2D eigenvalue weighted by atomic mass is 16.7. The van der Waals surface area contributed by atoms with E-state index >= 15 is 0 Å². The van der Waals surface area contributed by atoms with Gasteiger partial charge >= 0.3 is 6.09 Å². The topological polar surface area (TPSA) is 235 Å². The van der Waals surface area contributed by atoms with Crippen LogP contribution >= 0.6 is 0 Å². The SMILES string of the molecule is C=CCO[C@@]12Oc3ccc(Oc4ccc(C)c(C)c4)cc3[C@H]3[C@H](CCCCO)[C@@H](CCCCO)C=C(C(=NOCc4ccc([N+](=O)[O-])cc4)C[C@@H]1N(CCOCCO)C(=O)Oc1ccc([N+](=O)[O-])cc1)[C@H]32. The molecule has 18 nitrogen and oxygen atoms in total. The average Bonchev–Trinajstić information content (AvgIpc) is 3.36. The van der Waals surface area contributed by atoms with Gasteiger partial charge in [-0.2, -0.15) is 0 Å². The molecule has 378 valence electrons. The van der Waals surface area contributed by atoms with Crippen LogP contribution in [0.3, 0.4) is 0 Å². The van der Waals surface area contributed by atoms with Crippen LogP contribution in [-0.4, -0.2) is 99.9 Å². The molecular formula is C53H62N4O14. The smallest absolute Gasteiger partial charge is 0.415 e. The Hall–Kier alpha value is -6.70. The van der Waals surface area contributed by atoms with E-state index in [1.54, 1.807) is 18.2 Å². The number of hydrogen-bond acceptors (Lipinski definition) is 15. The Morgan fingerprint density at radius 3 is 2.17 bits per heavy atom. The van der Waals surface area contributed by atoms with E-state index in [-0.39, 0.29) is 88.2 Å². The third-order valence-electron chi connectivity index (χ3n) is 13.5. The number of carbonyl (C=O) groups excluding carboxylic acids is 1. The zero-order valence-corrected chi connectivity index (χ0v) is 40.1. The minimum atomic E-state index is -1.68. The summed E-state index contributed by atoms with van der Waals surface area (Å²) in [6.07, 6.45) is 6.90. The monoisotopic (exact) mass is 978 g/mol. The van der Waals surface area contributed by atoms with Crippen molar-refractivity contribution in [2.24, 2.45) is 22.9 Å². The van der Waals surface area contributed by atoms with Crippen molar-refractivity contribution in [1.29, 1.82) is 0 Å². The Morgan fingerprint density at radius 1 is 0.845 bits per heavy atom. The molecule has 18 heteroatoms. The molecule has 4 aromatic rings. The van der Waals surface area contributed by atoms with Gasteiger partial charge in [0.05, 0.1) is 47.9 Å². The molecule has 71 heavy (non-hydrogen) atoms. The van der Waals surface area contributed by atoms with Gasteiger partial charge in [-0.15, -0.1) is 6.58 Å². The average molecular weight is 979 g/mol. The van der Waals surface area contributed by atoms with Gasteiger partial charge in [0.25, 0.3) is 11.4 Å². The highest BCUT2D eigenvalue weighted by molar-refractivity contribution is 6.03. The van der Waals surface area contributed by atoms with E-state index in [4.69, 9.17) is 33.7 Å². The Labute approximate surface area is 412 Å². The molecule has 1 amide bonds. The van der Waals surface area contributed by atoms with E-state index in [9.17, 15) is 40.3 Å². The summed E-state index contributed by atoms with van der Waals surface area (Å²) in [5.74, 6) is -1.20. The van der Waals surface area contributed by atoms with E-state index in [1.165, 1.54) is 41.3 Å². The molecule has 3 N–H and O–H groups in total. The lowest BCUT2D eigenvalue weighted by Gasteiger charge is -2.59. The predicted octanol–water partition coefficient (Wildman–Crippen LogP) is 9.26.